The molecule has 2 heterocycles. The number of nitrogen functional groups attached to an aromatic ring is 1. The van der Waals surface area contributed by atoms with E-state index in [-0.39, 0.29) is 59.0 Å². The van der Waals surface area contributed by atoms with Crippen molar-refractivity contribution in [1.29, 1.82) is 10.7 Å². The van der Waals surface area contributed by atoms with Gasteiger partial charge in [0.25, 0.3) is 11.8 Å². The first-order chi connectivity index (χ1) is 17.5. The number of rotatable bonds is 8. The summed E-state index contributed by atoms with van der Waals surface area (Å²) in [6.07, 6.45) is 0.191. The summed E-state index contributed by atoms with van der Waals surface area (Å²) in [7, 11) is 0. The molecule has 1 aliphatic rings. The van der Waals surface area contributed by atoms with Gasteiger partial charge in [-0.2, -0.15) is 5.26 Å². The average molecular weight is 504 g/mol. The first-order valence-corrected chi connectivity index (χ1v) is 11.2. The summed E-state index contributed by atoms with van der Waals surface area (Å²) in [6, 6.07) is 13.9. The van der Waals surface area contributed by atoms with Gasteiger partial charge >= 0.3 is 0 Å². The van der Waals surface area contributed by atoms with E-state index in [1.54, 1.807) is 18.2 Å². The number of nitrogens with one attached hydrogen (secondary N) is 2. The monoisotopic (exact) mass is 503 g/mol. The van der Waals surface area contributed by atoms with Crippen LogP contribution in [0.2, 0.25) is 0 Å². The van der Waals surface area contributed by atoms with Gasteiger partial charge in [0.15, 0.2) is 0 Å². The van der Waals surface area contributed by atoms with Gasteiger partial charge in [0.1, 0.15) is 17.5 Å². The van der Waals surface area contributed by atoms with Crippen molar-refractivity contribution in [2.24, 2.45) is 11.5 Å². The van der Waals surface area contributed by atoms with Gasteiger partial charge in [0.2, 0.25) is 5.91 Å². The Balaban J connectivity index is 1.84. The molecule has 0 saturated carbocycles. The molecule has 1 aliphatic heterocycles. The Morgan fingerprint density at radius 2 is 1.97 bits per heavy atom. The van der Waals surface area contributed by atoms with Gasteiger partial charge < -0.3 is 16.8 Å². The van der Waals surface area contributed by atoms with Crippen LogP contribution in [0.3, 0.4) is 0 Å². The van der Waals surface area contributed by atoms with E-state index in [1.165, 1.54) is 35.2 Å². The largest absolute Gasteiger partial charge is 0.384 e. The summed E-state index contributed by atoms with van der Waals surface area (Å²) in [4.78, 5) is 30.7. The van der Waals surface area contributed by atoms with E-state index in [1.807, 2.05) is 6.07 Å². The fraction of sp³-hybridized carbons (Fsp3) is 0.192. The maximum absolute atomic E-state index is 14.3. The quantitative estimate of drug-likeness (QED) is 0.208. The van der Waals surface area contributed by atoms with Crippen LogP contribution in [0, 0.1) is 16.7 Å². The highest BCUT2D eigenvalue weighted by Crippen LogP contribution is 2.38. The van der Waals surface area contributed by atoms with Crippen molar-refractivity contribution in [2.75, 3.05) is 16.8 Å². The van der Waals surface area contributed by atoms with Crippen molar-refractivity contribution < 1.29 is 18.4 Å². The Morgan fingerprint density at radius 1 is 1.22 bits per heavy atom. The summed E-state index contributed by atoms with van der Waals surface area (Å²) in [5.41, 5.74) is 12.7. The third kappa shape index (κ3) is 4.95. The van der Waals surface area contributed by atoms with Crippen molar-refractivity contribution in [3.8, 4) is 17.2 Å². The molecule has 0 unspecified atom stereocenters. The predicted octanol–water partition coefficient (Wildman–Crippen LogP) is 3.73. The minimum atomic E-state index is -3.14. The molecule has 1 aromatic heterocycles. The lowest BCUT2D eigenvalue weighted by Gasteiger charge is -2.19. The topological polar surface area (TPSA) is 162 Å². The lowest BCUT2D eigenvalue weighted by atomic mass is 9.96. The Morgan fingerprint density at radius 3 is 2.62 bits per heavy atom. The highest BCUT2D eigenvalue weighted by Gasteiger charge is 2.37. The number of anilines is 2. The van der Waals surface area contributed by atoms with Crippen molar-refractivity contribution in [1.82, 2.24) is 4.98 Å². The normalized spacial score (nSPS) is 12.7. The number of nitrogens with two attached hydrogens (primary N) is 2. The van der Waals surface area contributed by atoms with Crippen LogP contribution in [0.5, 0.6) is 0 Å². The second kappa shape index (κ2) is 9.66. The zero-order chi connectivity index (χ0) is 26.9. The highest BCUT2D eigenvalue weighted by atomic mass is 19.3. The average Bonchev–Trinajstić information content (AvgIpc) is 3.19. The second-order valence-corrected chi connectivity index (χ2v) is 8.58. The van der Waals surface area contributed by atoms with E-state index in [0.29, 0.717) is 16.9 Å². The van der Waals surface area contributed by atoms with E-state index in [2.05, 4.69) is 10.3 Å². The molecule has 0 saturated heterocycles. The molecule has 0 aliphatic carbocycles. The SMILES string of the molecule is CC(F)(F)c1cccc2c1CN(c1cc(-c3ccc(C(N)=O)cc3C(=N)N)cc(NCCC#N)n1)C2=O. The third-order valence-corrected chi connectivity index (χ3v) is 5.98. The molecule has 11 heteroatoms. The van der Waals surface area contributed by atoms with Gasteiger partial charge in [-0.15, -0.1) is 0 Å². The van der Waals surface area contributed by atoms with Crippen molar-refractivity contribution >= 4 is 29.3 Å². The van der Waals surface area contributed by atoms with Crippen LogP contribution in [0.1, 0.15) is 50.8 Å². The molecule has 2 aromatic carbocycles. The Bertz CT molecular complexity index is 1470. The number of carbonyl (C=O) groups excluding carboxylic acids is 2. The number of amidine groups is 1. The standard InChI is InChI=1S/C26H23F2N7O2/c1-26(27,28)20-5-2-4-17-19(20)13-35(25(17)37)22-12-15(11-21(34-22)33-9-3-8-29)16-7-6-14(24(32)36)10-18(16)23(30)31/h2,4-7,10-12H,3,9,13H2,1H3,(H3,30,31)(H2,32,36)(H,33,34). The van der Waals surface area contributed by atoms with E-state index in [4.69, 9.17) is 22.1 Å². The molecular weight excluding hydrogens is 480 g/mol. The number of aromatic nitrogens is 1. The van der Waals surface area contributed by atoms with Crippen LogP contribution < -0.4 is 21.7 Å². The predicted molar refractivity (Wildman–Crippen MR) is 134 cm³/mol. The maximum Gasteiger partial charge on any atom is 0.270 e. The van der Waals surface area contributed by atoms with E-state index in [9.17, 15) is 18.4 Å². The molecule has 0 bridgehead atoms. The maximum atomic E-state index is 14.3. The van der Waals surface area contributed by atoms with Gasteiger partial charge in [0, 0.05) is 35.7 Å². The lowest BCUT2D eigenvalue weighted by molar-refractivity contribution is 0.0166. The molecule has 37 heavy (non-hydrogen) atoms. The highest BCUT2D eigenvalue weighted by molar-refractivity contribution is 6.10. The number of carbonyl (C=O) groups is 2. The van der Waals surface area contributed by atoms with Gasteiger partial charge in [0.05, 0.1) is 19.0 Å². The third-order valence-electron chi connectivity index (χ3n) is 5.98. The fourth-order valence-corrected chi connectivity index (χ4v) is 4.25. The summed E-state index contributed by atoms with van der Waals surface area (Å²) in [5.74, 6) is -4.12. The minimum Gasteiger partial charge on any atom is -0.384 e. The first kappa shape index (κ1) is 25.2. The van der Waals surface area contributed by atoms with E-state index < -0.39 is 17.7 Å². The van der Waals surface area contributed by atoms with E-state index in [0.717, 1.165) is 6.92 Å². The molecule has 4 rings (SSSR count). The molecule has 9 nitrogen and oxygen atoms in total. The van der Waals surface area contributed by atoms with Crippen LogP contribution in [0.15, 0.2) is 48.5 Å². The van der Waals surface area contributed by atoms with Crippen LogP contribution in [-0.4, -0.2) is 29.2 Å². The molecule has 2 amide bonds. The summed E-state index contributed by atoms with van der Waals surface area (Å²) < 4.78 is 28.5. The van der Waals surface area contributed by atoms with Crippen molar-refractivity contribution in [3.05, 3.63) is 76.3 Å². The van der Waals surface area contributed by atoms with Gasteiger partial charge in [-0.25, -0.2) is 13.8 Å². The van der Waals surface area contributed by atoms with Crippen LogP contribution in [-0.2, 0) is 12.5 Å². The number of hydrogen-bond donors (Lipinski definition) is 4. The molecule has 6 N–H and O–H groups in total. The van der Waals surface area contributed by atoms with E-state index >= 15 is 0 Å². The zero-order valence-electron chi connectivity index (χ0n) is 19.8. The first-order valence-electron chi connectivity index (χ1n) is 11.2. The van der Waals surface area contributed by atoms with Crippen LogP contribution in [0.25, 0.3) is 11.1 Å². The number of primary amides is 1. The molecule has 0 atom stereocenters. The fourth-order valence-electron chi connectivity index (χ4n) is 4.25. The summed E-state index contributed by atoms with van der Waals surface area (Å²) >= 11 is 0. The lowest BCUT2D eigenvalue weighted by Crippen LogP contribution is -2.24. The summed E-state index contributed by atoms with van der Waals surface area (Å²) in [6.45, 7) is 0.944. The molecule has 0 radical (unpaired) electrons. The molecular formula is C26H23F2N7O2. The minimum absolute atomic E-state index is 0.109. The Hall–Kier alpha value is -4.85. The number of nitrogens with zero attached hydrogens (tertiary/aromatic N) is 3. The molecule has 3 aromatic rings. The Kier molecular flexibility index (Phi) is 6.59. The number of fused-ring (bicyclic) bond motifs is 1. The number of amides is 2. The van der Waals surface area contributed by atoms with Crippen LogP contribution >= 0.6 is 0 Å². The van der Waals surface area contributed by atoms with Crippen LogP contribution in [0.4, 0.5) is 20.4 Å². The number of benzene rings is 2. The number of nitriles is 1. The number of alkyl halides is 2. The second-order valence-electron chi connectivity index (χ2n) is 8.58. The summed E-state index contributed by atoms with van der Waals surface area (Å²) in [5, 5.41) is 19.9. The molecule has 188 valence electrons. The smallest absolute Gasteiger partial charge is 0.270 e. The Labute approximate surface area is 211 Å². The number of pyridine rings is 1. The number of hydrogen-bond acceptors (Lipinski definition) is 6. The number of halogens is 2. The molecule has 0 spiro atoms. The van der Waals surface area contributed by atoms with Gasteiger partial charge in [-0.1, -0.05) is 18.2 Å². The molecule has 0 fully saturated rings. The van der Waals surface area contributed by atoms with Crippen molar-refractivity contribution in [3.63, 3.8) is 0 Å². The van der Waals surface area contributed by atoms with Gasteiger partial charge in [-0.05, 0) is 47.0 Å². The van der Waals surface area contributed by atoms with Gasteiger partial charge in [-0.3, -0.25) is 19.9 Å². The van der Waals surface area contributed by atoms with Crippen molar-refractivity contribution in [2.45, 2.75) is 25.8 Å². The zero-order valence-corrected chi connectivity index (χ0v) is 19.8.